The molecule has 0 saturated heterocycles. The monoisotopic (exact) mass is 386 g/mol. The lowest BCUT2D eigenvalue weighted by Crippen LogP contribution is -2.16. The van der Waals surface area contributed by atoms with E-state index in [9.17, 15) is 13.2 Å². The van der Waals surface area contributed by atoms with Crippen LogP contribution in [-0.4, -0.2) is 15.9 Å². The van der Waals surface area contributed by atoms with Crippen LogP contribution in [-0.2, 0) is 13.0 Å². The zero-order valence-electron chi connectivity index (χ0n) is 15.5. The number of ether oxygens (including phenoxy) is 1. The first kappa shape index (κ1) is 18.6. The lowest BCUT2D eigenvalue weighted by molar-refractivity contribution is -0.274. The number of aryl methyl sites for hydroxylation is 1. The van der Waals surface area contributed by atoms with Crippen molar-refractivity contribution in [2.45, 2.75) is 39.1 Å². The highest BCUT2D eigenvalue weighted by Gasteiger charge is 2.42. The quantitative estimate of drug-likeness (QED) is 0.537. The third-order valence-electron chi connectivity index (χ3n) is 5.34. The van der Waals surface area contributed by atoms with E-state index in [1.165, 1.54) is 30.5 Å². The molecule has 0 N–H and O–H groups in total. The number of hydrogen-bond donors (Lipinski definition) is 0. The standard InChI is InChI=1S/C22H21F3N2O/c1-16-26-12-13-27(16)15-21(10-11-21)14-17-2-4-18(5-3-17)19-6-8-20(9-7-19)28-22(23,24)25/h2-9,12-13H,10-11,14-15H2,1H3. The second kappa shape index (κ2) is 7.00. The summed E-state index contributed by atoms with van der Waals surface area (Å²) in [5, 5.41) is 0. The molecule has 3 nitrogen and oxygen atoms in total. The maximum absolute atomic E-state index is 12.3. The Morgan fingerprint density at radius 2 is 1.61 bits per heavy atom. The Morgan fingerprint density at radius 3 is 2.11 bits per heavy atom. The Bertz CT molecular complexity index is 939. The molecule has 146 valence electrons. The minimum absolute atomic E-state index is 0.210. The maximum Gasteiger partial charge on any atom is 0.573 e. The number of aromatic nitrogens is 2. The van der Waals surface area contributed by atoms with Crippen molar-refractivity contribution >= 4 is 0 Å². The first-order valence-corrected chi connectivity index (χ1v) is 9.25. The Hall–Kier alpha value is -2.76. The molecular formula is C22H21F3N2O. The lowest BCUT2D eigenvalue weighted by atomic mass is 9.94. The number of hydrogen-bond acceptors (Lipinski definition) is 2. The van der Waals surface area contributed by atoms with Gasteiger partial charge in [-0.2, -0.15) is 0 Å². The molecule has 2 aromatic carbocycles. The van der Waals surface area contributed by atoms with E-state index >= 15 is 0 Å². The van der Waals surface area contributed by atoms with Gasteiger partial charge in [0.15, 0.2) is 0 Å². The van der Waals surface area contributed by atoms with Crippen molar-refractivity contribution in [2.24, 2.45) is 5.41 Å². The van der Waals surface area contributed by atoms with Crippen LogP contribution in [0.4, 0.5) is 13.2 Å². The third-order valence-corrected chi connectivity index (χ3v) is 5.34. The molecule has 0 spiro atoms. The molecule has 4 rings (SSSR count). The fourth-order valence-corrected chi connectivity index (χ4v) is 3.60. The highest BCUT2D eigenvalue weighted by atomic mass is 19.4. The minimum atomic E-state index is -4.67. The third kappa shape index (κ3) is 4.38. The van der Waals surface area contributed by atoms with E-state index in [1.807, 2.05) is 31.5 Å². The number of benzene rings is 2. The number of halogens is 3. The predicted molar refractivity (Wildman–Crippen MR) is 101 cm³/mol. The van der Waals surface area contributed by atoms with Crippen molar-refractivity contribution in [3.05, 3.63) is 72.3 Å². The van der Waals surface area contributed by atoms with Gasteiger partial charge in [0.2, 0.25) is 0 Å². The highest BCUT2D eigenvalue weighted by Crippen LogP contribution is 2.50. The van der Waals surface area contributed by atoms with Crippen LogP contribution in [0.5, 0.6) is 5.75 Å². The van der Waals surface area contributed by atoms with Crippen molar-refractivity contribution in [3.8, 4) is 16.9 Å². The van der Waals surface area contributed by atoms with Crippen LogP contribution in [0, 0.1) is 12.3 Å². The Kier molecular flexibility index (Phi) is 4.65. The summed E-state index contributed by atoms with van der Waals surface area (Å²) in [5.74, 6) is 0.831. The molecular weight excluding hydrogens is 365 g/mol. The maximum atomic E-state index is 12.3. The van der Waals surface area contributed by atoms with Crippen molar-refractivity contribution < 1.29 is 17.9 Å². The van der Waals surface area contributed by atoms with Crippen LogP contribution < -0.4 is 4.74 Å². The summed E-state index contributed by atoms with van der Waals surface area (Å²) in [7, 11) is 0. The van der Waals surface area contributed by atoms with E-state index in [1.54, 1.807) is 12.1 Å². The smallest absolute Gasteiger partial charge is 0.406 e. The van der Waals surface area contributed by atoms with Crippen LogP contribution >= 0.6 is 0 Å². The molecule has 0 unspecified atom stereocenters. The van der Waals surface area contributed by atoms with E-state index in [2.05, 4.69) is 26.4 Å². The Morgan fingerprint density at radius 1 is 1.00 bits per heavy atom. The second-order valence-corrected chi connectivity index (χ2v) is 7.55. The Labute approximate surface area is 161 Å². The predicted octanol–water partition coefficient (Wildman–Crippen LogP) is 5.78. The summed E-state index contributed by atoms with van der Waals surface area (Å²) in [5.41, 5.74) is 3.41. The van der Waals surface area contributed by atoms with Gasteiger partial charge in [0.05, 0.1) is 0 Å². The summed E-state index contributed by atoms with van der Waals surface area (Å²) in [6.45, 7) is 3.01. The van der Waals surface area contributed by atoms with Gasteiger partial charge in [0.25, 0.3) is 0 Å². The number of alkyl halides is 3. The molecule has 0 aliphatic heterocycles. The van der Waals surface area contributed by atoms with Gasteiger partial charge in [-0.3, -0.25) is 0 Å². The molecule has 1 aromatic heterocycles. The molecule has 1 saturated carbocycles. The van der Waals surface area contributed by atoms with Crippen LogP contribution in [0.2, 0.25) is 0 Å². The van der Waals surface area contributed by atoms with Crippen LogP contribution in [0.15, 0.2) is 60.9 Å². The molecule has 0 radical (unpaired) electrons. The SMILES string of the molecule is Cc1nccn1CC1(Cc2ccc(-c3ccc(OC(F)(F)F)cc3)cc2)CC1. The van der Waals surface area contributed by atoms with E-state index < -0.39 is 6.36 Å². The van der Waals surface area contributed by atoms with Crippen molar-refractivity contribution in [1.29, 1.82) is 0 Å². The fourth-order valence-electron chi connectivity index (χ4n) is 3.60. The van der Waals surface area contributed by atoms with Crippen LogP contribution in [0.3, 0.4) is 0 Å². The van der Waals surface area contributed by atoms with E-state index in [0.717, 1.165) is 29.9 Å². The van der Waals surface area contributed by atoms with Crippen molar-refractivity contribution in [1.82, 2.24) is 9.55 Å². The molecule has 0 atom stereocenters. The molecule has 3 aromatic rings. The average molecular weight is 386 g/mol. The van der Waals surface area contributed by atoms with Crippen molar-refractivity contribution in [2.75, 3.05) is 0 Å². The summed E-state index contributed by atoms with van der Waals surface area (Å²) in [6, 6.07) is 14.2. The number of imidazole rings is 1. The summed E-state index contributed by atoms with van der Waals surface area (Å²) < 4.78 is 42.9. The van der Waals surface area contributed by atoms with Gasteiger partial charge in [0.1, 0.15) is 11.6 Å². The van der Waals surface area contributed by atoms with Gasteiger partial charge in [-0.25, -0.2) is 4.98 Å². The van der Waals surface area contributed by atoms with Gasteiger partial charge in [-0.1, -0.05) is 36.4 Å². The molecule has 1 aliphatic carbocycles. The zero-order valence-corrected chi connectivity index (χ0v) is 15.5. The molecule has 1 aliphatic rings. The molecule has 28 heavy (non-hydrogen) atoms. The van der Waals surface area contributed by atoms with Crippen LogP contribution in [0.1, 0.15) is 24.2 Å². The highest BCUT2D eigenvalue weighted by molar-refractivity contribution is 5.64. The van der Waals surface area contributed by atoms with Gasteiger partial charge in [0, 0.05) is 18.9 Å². The second-order valence-electron chi connectivity index (χ2n) is 7.55. The zero-order chi connectivity index (χ0) is 19.8. The lowest BCUT2D eigenvalue weighted by Gasteiger charge is -2.17. The number of rotatable bonds is 6. The van der Waals surface area contributed by atoms with Gasteiger partial charge in [-0.05, 0) is 60.4 Å². The summed E-state index contributed by atoms with van der Waals surface area (Å²) >= 11 is 0. The van der Waals surface area contributed by atoms with Gasteiger partial charge >= 0.3 is 6.36 Å². The molecule has 0 bridgehead atoms. The van der Waals surface area contributed by atoms with Gasteiger partial charge < -0.3 is 9.30 Å². The normalized spacial score (nSPS) is 15.4. The molecule has 6 heteroatoms. The van der Waals surface area contributed by atoms with Crippen molar-refractivity contribution in [3.63, 3.8) is 0 Å². The van der Waals surface area contributed by atoms with E-state index in [0.29, 0.717) is 5.41 Å². The summed E-state index contributed by atoms with van der Waals surface area (Å²) in [4.78, 5) is 4.30. The number of nitrogens with zero attached hydrogens (tertiary/aromatic N) is 2. The van der Waals surface area contributed by atoms with Gasteiger partial charge in [-0.15, -0.1) is 13.2 Å². The average Bonchev–Trinajstić information content (AvgIpc) is 3.28. The fraction of sp³-hybridized carbons (Fsp3) is 0.318. The molecule has 0 amide bonds. The molecule has 1 fully saturated rings. The topological polar surface area (TPSA) is 27.1 Å². The first-order valence-electron chi connectivity index (χ1n) is 9.25. The largest absolute Gasteiger partial charge is 0.573 e. The first-order chi connectivity index (χ1) is 13.3. The summed E-state index contributed by atoms with van der Waals surface area (Å²) in [6.07, 6.45) is 2.65. The van der Waals surface area contributed by atoms with E-state index in [-0.39, 0.29) is 5.75 Å². The molecule has 1 heterocycles. The van der Waals surface area contributed by atoms with Crippen LogP contribution in [0.25, 0.3) is 11.1 Å². The Balaban J connectivity index is 1.42. The minimum Gasteiger partial charge on any atom is -0.406 e. The van der Waals surface area contributed by atoms with E-state index in [4.69, 9.17) is 0 Å².